The molecule has 2 heterocycles. The number of benzene rings is 2. The Kier molecular flexibility index (Phi) is 6.63. The number of carbonyl (C=O) groups excluding carboxylic acids is 2. The molecule has 0 radical (unpaired) electrons. The van der Waals surface area contributed by atoms with E-state index >= 15 is 0 Å². The maximum absolute atomic E-state index is 13.8. The van der Waals surface area contributed by atoms with Crippen molar-refractivity contribution >= 4 is 33.9 Å². The molecule has 8 nitrogen and oxygen atoms in total. The van der Waals surface area contributed by atoms with E-state index in [1.807, 2.05) is 39.8 Å². The van der Waals surface area contributed by atoms with E-state index in [1.165, 1.54) is 7.11 Å². The van der Waals surface area contributed by atoms with Gasteiger partial charge in [0.15, 0.2) is 0 Å². The standard InChI is InChI=1S/C28H28O8/c1-13(2)7-9-16-18-11-21-24(25(16)30)26(31)23-17(10-8-14(3)4)27(33-6)19(12-20(23)34-21)22(18)28(32)36-35-15(5)29/h7-8,11-12,22,30H,9-10H2,1-6H3. The van der Waals surface area contributed by atoms with Gasteiger partial charge in [-0.1, -0.05) is 23.3 Å². The van der Waals surface area contributed by atoms with E-state index < -0.39 is 17.9 Å². The van der Waals surface area contributed by atoms with Crippen LogP contribution in [0.4, 0.5) is 0 Å². The van der Waals surface area contributed by atoms with Crippen LogP contribution in [0.25, 0.3) is 21.9 Å². The minimum absolute atomic E-state index is 0.0330. The van der Waals surface area contributed by atoms with Crippen molar-refractivity contribution in [1.82, 2.24) is 0 Å². The van der Waals surface area contributed by atoms with Crippen molar-refractivity contribution in [3.05, 3.63) is 67.9 Å². The number of fused-ring (bicyclic) bond motifs is 2. The summed E-state index contributed by atoms with van der Waals surface area (Å²) in [6, 6.07) is 3.15. The zero-order chi connectivity index (χ0) is 26.3. The fraction of sp³-hybridized carbons (Fsp3) is 0.321. The molecule has 3 aromatic rings. The van der Waals surface area contributed by atoms with Crippen LogP contribution in [0.5, 0.6) is 11.5 Å². The van der Waals surface area contributed by atoms with Gasteiger partial charge in [0.25, 0.3) is 0 Å². The Morgan fingerprint density at radius 2 is 1.50 bits per heavy atom. The molecule has 188 valence electrons. The first-order chi connectivity index (χ1) is 17.0. The van der Waals surface area contributed by atoms with Crippen LogP contribution in [-0.4, -0.2) is 24.2 Å². The van der Waals surface area contributed by atoms with Crippen LogP contribution in [0.1, 0.15) is 62.8 Å². The van der Waals surface area contributed by atoms with Gasteiger partial charge in [0, 0.05) is 23.6 Å². The van der Waals surface area contributed by atoms with Gasteiger partial charge in [0.2, 0.25) is 5.43 Å². The SMILES string of the molecule is COc1c2cc3oc4cc(c(CC=C(C)C)c(O)c4c(=O)c3c1CC=C(C)C)C2C(=O)OOC(C)=O. The normalized spacial score (nSPS) is 13.7. The molecule has 1 atom stereocenters. The fourth-order valence-corrected chi connectivity index (χ4v) is 4.60. The van der Waals surface area contributed by atoms with Crippen LogP contribution in [0.2, 0.25) is 0 Å². The Morgan fingerprint density at radius 1 is 0.917 bits per heavy atom. The Labute approximate surface area is 207 Å². The van der Waals surface area contributed by atoms with E-state index in [4.69, 9.17) is 14.0 Å². The minimum atomic E-state index is -1.13. The van der Waals surface area contributed by atoms with Gasteiger partial charge in [-0.15, -0.1) is 0 Å². The van der Waals surface area contributed by atoms with Gasteiger partial charge in [0.05, 0.1) is 12.5 Å². The monoisotopic (exact) mass is 492 g/mol. The number of methoxy groups -OCH3 is 1. The van der Waals surface area contributed by atoms with Crippen LogP contribution in [-0.2, 0) is 32.2 Å². The first kappa shape index (κ1) is 25.0. The molecule has 0 fully saturated rings. The number of rotatable bonds is 6. The lowest BCUT2D eigenvalue weighted by Crippen LogP contribution is -2.23. The van der Waals surface area contributed by atoms with Crippen LogP contribution in [0.15, 0.2) is 44.6 Å². The molecule has 1 aromatic heterocycles. The highest BCUT2D eigenvalue weighted by molar-refractivity contribution is 6.00. The third-order valence-corrected chi connectivity index (χ3v) is 6.18. The zero-order valence-corrected chi connectivity index (χ0v) is 21.1. The second kappa shape index (κ2) is 9.53. The molecule has 1 aliphatic heterocycles. The van der Waals surface area contributed by atoms with Crippen LogP contribution in [0.3, 0.4) is 0 Å². The molecule has 36 heavy (non-hydrogen) atoms. The predicted molar refractivity (Wildman–Crippen MR) is 134 cm³/mol. The van der Waals surface area contributed by atoms with Crippen molar-refractivity contribution in [3.63, 3.8) is 0 Å². The van der Waals surface area contributed by atoms with Crippen molar-refractivity contribution in [2.24, 2.45) is 0 Å². The molecular formula is C28H28O8. The van der Waals surface area contributed by atoms with Crippen molar-refractivity contribution < 1.29 is 33.6 Å². The van der Waals surface area contributed by atoms with E-state index in [9.17, 15) is 19.5 Å². The molecule has 1 unspecified atom stereocenters. The molecule has 0 saturated carbocycles. The maximum Gasteiger partial charge on any atom is 0.367 e. The Bertz CT molecular complexity index is 1530. The summed E-state index contributed by atoms with van der Waals surface area (Å²) in [5.41, 5.74) is 3.67. The summed E-state index contributed by atoms with van der Waals surface area (Å²) in [5.74, 6) is -2.73. The van der Waals surface area contributed by atoms with Gasteiger partial charge in [-0.2, -0.15) is 0 Å². The van der Waals surface area contributed by atoms with Crippen LogP contribution < -0.4 is 10.2 Å². The van der Waals surface area contributed by atoms with Gasteiger partial charge in [-0.25, -0.2) is 19.4 Å². The molecule has 1 N–H and O–H groups in total. The molecule has 4 bridgehead atoms. The van der Waals surface area contributed by atoms with Crippen LogP contribution >= 0.6 is 0 Å². The number of allylic oxidation sites excluding steroid dienone is 4. The molecule has 1 aliphatic rings. The van der Waals surface area contributed by atoms with Crippen molar-refractivity contribution in [2.75, 3.05) is 7.11 Å². The summed E-state index contributed by atoms with van der Waals surface area (Å²) in [7, 11) is 1.46. The molecular weight excluding hydrogens is 464 g/mol. The summed E-state index contributed by atoms with van der Waals surface area (Å²) in [6.07, 6.45) is 4.39. The lowest BCUT2D eigenvalue weighted by molar-refractivity contribution is -0.257. The molecule has 2 aromatic carbocycles. The second-order valence-electron chi connectivity index (χ2n) is 9.33. The fourth-order valence-electron chi connectivity index (χ4n) is 4.60. The van der Waals surface area contributed by atoms with E-state index in [0.29, 0.717) is 34.4 Å². The minimum Gasteiger partial charge on any atom is -0.507 e. The molecule has 0 aliphatic carbocycles. The number of hydrogen-bond acceptors (Lipinski definition) is 8. The molecule has 0 spiro atoms. The number of phenolic OH excluding ortho intramolecular Hbond substituents is 1. The Morgan fingerprint density at radius 3 is 2.08 bits per heavy atom. The number of aromatic hydroxyl groups is 1. The average Bonchev–Trinajstić information content (AvgIpc) is 2.79. The van der Waals surface area contributed by atoms with Gasteiger partial charge < -0.3 is 14.3 Å². The van der Waals surface area contributed by atoms with Gasteiger partial charge >= 0.3 is 11.9 Å². The van der Waals surface area contributed by atoms with Crippen LogP contribution in [0, 0.1) is 0 Å². The Hall–Kier alpha value is -4.07. The summed E-state index contributed by atoms with van der Waals surface area (Å²) in [6.45, 7) is 8.79. The molecule has 4 rings (SSSR count). The number of hydrogen-bond donors (Lipinski definition) is 1. The van der Waals surface area contributed by atoms with E-state index in [1.54, 1.807) is 12.1 Å². The highest BCUT2D eigenvalue weighted by Crippen LogP contribution is 2.46. The van der Waals surface area contributed by atoms with E-state index in [2.05, 4.69) is 4.89 Å². The van der Waals surface area contributed by atoms with E-state index in [0.717, 1.165) is 18.1 Å². The van der Waals surface area contributed by atoms with Crippen molar-refractivity contribution in [2.45, 2.75) is 53.4 Å². The largest absolute Gasteiger partial charge is 0.507 e. The van der Waals surface area contributed by atoms with E-state index in [-0.39, 0.29) is 39.5 Å². The zero-order valence-electron chi connectivity index (χ0n) is 21.1. The maximum atomic E-state index is 13.8. The predicted octanol–water partition coefficient (Wildman–Crippen LogP) is 5.14. The highest BCUT2D eigenvalue weighted by atomic mass is 17.2. The first-order valence-electron chi connectivity index (χ1n) is 11.6. The first-order valence-corrected chi connectivity index (χ1v) is 11.6. The number of phenols is 1. The smallest absolute Gasteiger partial charge is 0.367 e. The van der Waals surface area contributed by atoms with Crippen molar-refractivity contribution in [3.8, 4) is 11.5 Å². The number of ether oxygens (including phenoxy) is 1. The lowest BCUT2D eigenvalue weighted by Gasteiger charge is -2.26. The third-order valence-electron chi connectivity index (χ3n) is 6.18. The quantitative estimate of drug-likeness (QED) is 0.218. The van der Waals surface area contributed by atoms with Crippen molar-refractivity contribution in [1.29, 1.82) is 0 Å². The Balaban J connectivity index is 2.18. The molecule has 8 heteroatoms. The summed E-state index contributed by atoms with van der Waals surface area (Å²) >= 11 is 0. The van der Waals surface area contributed by atoms with Gasteiger partial charge in [0.1, 0.15) is 34.0 Å². The average molecular weight is 493 g/mol. The summed E-state index contributed by atoms with van der Waals surface area (Å²) in [5, 5.41) is 11.6. The number of carbonyl (C=O) groups is 2. The molecule has 0 amide bonds. The summed E-state index contributed by atoms with van der Waals surface area (Å²) in [4.78, 5) is 48.1. The second-order valence-corrected chi connectivity index (χ2v) is 9.33. The topological polar surface area (TPSA) is 112 Å². The summed E-state index contributed by atoms with van der Waals surface area (Å²) < 4.78 is 11.9. The van der Waals surface area contributed by atoms with Gasteiger partial charge in [-0.3, -0.25) is 4.79 Å². The highest BCUT2D eigenvalue weighted by Gasteiger charge is 2.37. The molecule has 0 saturated heterocycles. The van der Waals surface area contributed by atoms with Gasteiger partial charge in [-0.05, 0) is 58.2 Å². The lowest BCUT2D eigenvalue weighted by atomic mass is 9.81. The third kappa shape index (κ3) is 4.23.